The Hall–Kier alpha value is -2.05. The van der Waals surface area contributed by atoms with Gasteiger partial charge < -0.3 is 10.0 Å². The zero-order valence-electron chi connectivity index (χ0n) is 18.0. The smallest absolute Gasteiger partial charge is 0.475 e. The molecule has 1 N–H and O–H groups in total. The molecule has 3 nitrogen and oxygen atoms in total. The summed E-state index contributed by atoms with van der Waals surface area (Å²) >= 11 is 6.08. The van der Waals surface area contributed by atoms with Crippen molar-refractivity contribution in [3.8, 4) is 11.1 Å². The maximum absolute atomic E-state index is 10.6. The van der Waals surface area contributed by atoms with Gasteiger partial charge in [-0.25, -0.2) is 4.79 Å². The molecule has 2 aliphatic carbocycles. The first-order valence-electron chi connectivity index (χ1n) is 11.0. The largest absolute Gasteiger partial charge is 0.490 e. The molecule has 3 aliphatic rings. The van der Waals surface area contributed by atoms with Crippen LogP contribution in [0.5, 0.6) is 0 Å². The summed E-state index contributed by atoms with van der Waals surface area (Å²) < 4.78 is 31.7. The van der Waals surface area contributed by atoms with Crippen LogP contribution in [0, 0.1) is 5.92 Å². The number of rotatable bonds is 1. The average Bonchev–Trinajstić information content (AvgIpc) is 2.76. The normalized spacial score (nSPS) is 26.9. The van der Waals surface area contributed by atoms with Crippen LogP contribution in [0.15, 0.2) is 42.5 Å². The first-order valence-corrected chi connectivity index (χ1v) is 11.4. The zero-order valence-corrected chi connectivity index (χ0v) is 18.7. The molecule has 0 amide bonds. The lowest BCUT2D eigenvalue weighted by atomic mass is 9.52. The molecule has 1 aliphatic heterocycles. The van der Waals surface area contributed by atoms with Crippen molar-refractivity contribution in [2.24, 2.45) is 5.92 Å². The molecule has 172 valence electrons. The Morgan fingerprint density at radius 3 is 2.41 bits per heavy atom. The molecule has 3 atom stereocenters. The highest BCUT2D eigenvalue weighted by Crippen LogP contribution is 2.55. The van der Waals surface area contributed by atoms with E-state index < -0.39 is 12.1 Å². The fourth-order valence-electron chi connectivity index (χ4n) is 6.02. The Labute approximate surface area is 191 Å². The van der Waals surface area contributed by atoms with Crippen molar-refractivity contribution in [3.05, 3.63) is 58.6 Å². The molecule has 0 spiro atoms. The number of likely N-dealkylation sites (N-methyl/N-ethyl adjacent to an activating group) is 1. The molecule has 0 aromatic heterocycles. The van der Waals surface area contributed by atoms with Gasteiger partial charge in [-0.05, 0) is 79.6 Å². The average molecular weight is 466 g/mol. The van der Waals surface area contributed by atoms with E-state index in [9.17, 15) is 13.2 Å². The van der Waals surface area contributed by atoms with Crippen molar-refractivity contribution in [1.29, 1.82) is 0 Å². The summed E-state index contributed by atoms with van der Waals surface area (Å²) in [5.41, 5.74) is 6.35. The van der Waals surface area contributed by atoms with Gasteiger partial charge in [-0.3, -0.25) is 0 Å². The molecule has 2 aromatic carbocycles. The number of hydrogen-bond acceptors (Lipinski definition) is 2. The number of fused-ring (bicyclic) bond motifs is 1. The van der Waals surface area contributed by atoms with Gasteiger partial charge in [-0.1, -0.05) is 54.8 Å². The topological polar surface area (TPSA) is 40.5 Å². The van der Waals surface area contributed by atoms with Crippen LogP contribution in [-0.2, 0) is 16.6 Å². The van der Waals surface area contributed by atoms with Crippen molar-refractivity contribution >= 4 is 17.6 Å². The van der Waals surface area contributed by atoms with Gasteiger partial charge >= 0.3 is 12.1 Å². The number of alkyl halides is 3. The summed E-state index contributed by atoms with van der Waals surface area (Å²) in [6.45, 7) is 1.26. The van der Waals surface area contributed by atoms with Gasteiger partial charge in [0.2, 0.25) is 0 Å². The van der Waals surface area contributed by atoms with E-state index in [0.717, 1.165) is 17.0 Å². The summed E-state index contributed by atoms with van der Waals surface area (Å²) in [6, 6.07) is 16.3. The van der Waals surface area contributed by atoms with Gasteiger partial charge in [0.05, 0.1) is 0 Å². The lowest BCUT2D eigenvalue weighted by Crippen LogP contribution is -2.59. The maximum atomic E-state index is 10.6. The fourth-order valence-corrected chi connectivity index (χ4v) is 6.14. The van der Waals surface area contributed by atoms with Gasteiger partial charge in [-0.2, -0.15) is 13.2 Å². The Balaban J connectivity index is 0.000000307. The SMILES string of the molecule is CN1CC[C@]23CCCC[C@H]2[C@H]1Cc1ccc(-c2ccc(Cl)cc2)cc13.O=C(O)C(F)(F)F. The monoisotopic (exact) mass is 465 g/mol. The Morgan fingerprint density at radius 2 is 1.75 bits per heavy atom. The number of carboxylic acids is 1. The van der Waals surface area contributed by atoms with E-state index >= 15 is 0 Å². The molecular formula is C25H27ClF3NO2. The lowest BCUT2D eigenvalue weighted by Gasteiger charge is -2.58. The van der Waals surface area contributed by atoms with Crippen LogP contribution < -0.4 is 0 Å². The summed E-state index contributed by atoms with van der Waals surface area (Å²) in [6.07, 6.45) is 3.11. The van der Waals surface area contributed by atoms with Gasteiger partial charge in [-0.15, -0.1) is 0 Å². The number of carbonyl (C=O) groups is 1. The Kier molecular flexibility index (Phi) is 6.29. The third-order valence-corrected chi connectivity index (χ3v) is 7.79. The standard InChI is InChI=1S/C23H26ClN.C2HF3O2/c1-25-13-12-23-11-3-2-4-20(23)22(25)15-18-6-5-17(14-21(18)23)16-7-9-19(24)10-8-16;3-2(4,5)1(6)7/h5-10,14,20,22H,2-4,11-13,15H2,1H3;(H,6,7)/t20-,22+,23+;/m0./s1. The summed E-state index contributed by atoms with van der Waals surface area (Å²) in [5.74, 6) is -1.90. The van der Waals surface area contributed by atoms with E-state index in [4.69, 9.17) is 21.5 Å². The molecule has 1 heterocycles. The summed E-state index contributed by atoms with van der Waals surface area (Å²) in [7, 11) is 2.34. The predicted molar refractivity (Wildman–Crippen MR) is 119 cm³/mol. The number of hydrogen-bond donors (Lipinski definition) is 1. The van der Waals surface area contributed by atoms with Gasteiger partial charge in [0.1, 0.15) is 0 Å². The number of likely N-dealkylation sites (tertiary alicyclic amines) is 1. The van der Waals surface area contributed by atoms with Crippen LogP contribution in [0.3, 0.4) is 0 Å². The van der Waals surface area contributed by atoms with Gasteiger partial charge in [0, 0.05) is 16.5 Å². The van der Waals surface area contributed by atoms with E-state index in [1.165, 1.54) is 56.2 Å². The van der Waals surface area contributed by atoms with Crippen molar-refractivity contribution in [3.63, 3.8) is 0 Å². The second-order valence-corrected chi connectivity index (χ2v) is 9.63. The van der Waals surface area contributed by atoms with E-state index in [0.29, 0.717) is 5.41 Å². The van der Waals surface area contributed by atoms with Crippen molar-refractivity contribution < 1.29 is 23.1 Å². The van der Waals surface area contributed by atoms with Crippen molar-refractivity contribution in [2.75, 3.05) is 13.6 Å². The molecule has 1 saturated carbocycles. The van der Waals surface area contributed by atoms with Gasteiger partial charge in [0.15, 0.2) is 0 Å². The van der Waals surface area contributed by atoms with Crippen LogP contribution in [0.4, 0.5) is 13.2 Å². The number of benzene rings is 2. The van der Waals surface area contributed by atoms with Crippen LogP contribution >= 0.6 is 11.6 Å². The molecule has 2 aromatic rings. The second-order valence-electron chi connectivity index (χ2n) is 9.19. The second kappa shape index (κ2) is 8.71. The molecule has 1 saturated heterocycles. The lowest BCUT2D eigenvalue weighted by molar-refractivity contribution is -0.192. The highest BCUT2D eigenvalue weighted by atomic mass is 35.5. The van der Waals surface area contributed by atoms with E-state index in [1.807, 2.05) is 12.1 Å². The van der Waals surface area contributed by atoms with Crippen LogP contribution in [-0.4, -0.2) is 41.8 Å². The molecule has 32 heavy (non-hydrogen) atoms. The number of halogens is 4. The third-order valence-electron chi connectivity index (χ3n) is 7.53. The third kappa shape index (κ3) is 4.27. The predicted octanol–water partition coefficient (Wildman–Crippen LogP) is 6.33. The Bertz CT molecular complexity index is 992. The fraction of sp³-hybridized carbons (Fsp3) is 0.480. The molecule has 2 bridgehead atoms. The van der Waals surface area contributed by atoms with Crippen molar-refractivity contribution in [2.45, 2.75) is 56.2 Å². The number of carboxylic acid groups (broad SMARTS) is 1. The van der Waals surface area contributed by atoms with E-state index in [1.54, 1.807) is 11.1 Å². The van der Waals surface area contributed by atoms with E-state index in [2.05, 4.69) is 42.3 Å². The minimum atomic E-state index is -5.08. The summed E-state index contributed by atoms with van der Waals surface area (Å²) in [5, 5.41) is 7.94. The quantitative estimate of drug-likeness (QED) is 0.535. The minimum Gasteiger partial charge on any atom is -0.475 e. The molecular weight excluding hydrogens is 439 g/mol. The number of piperidine rings is 1. The minimum absolute atomic E-state index is 0.436. The molecule has 0 radical (unpaired) electrons. The number of nitrogens with zero attached hydrogens (tertiary/aromatic N) is 1. The molecule has 5 rings (SSSR count). The first kappa shape index (κ1) is 23.1. The highest BCUT2D eigenvalue weighted by Gasteiger charge is 2.53. The Morgan fingerprint density at radius 1 is 1.09 bits per heavy atom. The van der Waals surface area contributed by atoms with Crippen molar-refractivity contribution in [1.82, 2.24) is 4.90 Å². The molecule has 2 fully saturated rings. The van der Waals surface area contributed by atoms with E-state index in [-0.39, 0.29) is 0 Å². The summed E-state index contributed by atoms with van der Waals surface area (Å²) in [4.78, 5) is 11.5. The molecule has 7 heteroatoms. The van der Waals surface area contributed by atoms with Crippen LogP contribution in [0.25, 0.3) is 11.1 Å². The van der Waals surface area contributed by atoms with Crippen LogP contribution in [0.1, 0.15) is 43.2 Å². The van der Waals surface area contributed by atoms with Gasteiger partial charge in [0.25, 0.3) is 0 Å². The van der Waals surface area contributed by atoms with Crippen LogP contribution in [0.2, 0.25) is 5.02 Å². The first-order chi connectivity index (χ1) is 15.1. The number of aliphatic carboxylic acids is 1. The molecule has 0 unspecified atom stereocenters. The maximum Gasteiger partial charge on any atom is 0.490 e. The highest BCUT2D eigenvalue weighted by molar-refractivity contribution is 6.30. The zero-order chi connectivity index (χ0) is 23.1.